The Labute approximate surface area is 132 Å². The number of anilines is 1. The lowest BCUT2D eigenvalue weighted by Gasteiger charge is -2.05. The number of benzene rings is 2. The van der Waals surface area contributed by atoms with Gasteiger partial charge in [0.25, 0.3) is 5.91 Å². The lowest BCUT2D eigenvalue weighted by molar-refractivity contribution is -0.119. The van der Waals surface area contributed by atoms with E-state index < -0.39 is 0 Å². The van der Waals surface area contributed by atoms with Gasteiger partial charge in [-0.2, -0.15) is 5.10 Å². The van der Waals surface area contributed by atoms with Gasteiger partial charge in [0, 0.05) is 10.2 Å². The molecule has 0 heterocycles. The lowest BCUT2D eigenvalue weighted by atomic mass is 10.2. The quantitative estimate of drug-likeness (QED) is 0.645. The molecule has 0 bridgehead atoms. The van der Waals surface area contributed by atoms with Crippen molar-refractivity contribution in [1.82, 2.24) is 5.43 Å². The Balaban J connectivity index is 1.77. The lowest BCUT2D eigenvalue weighted by Crippen LogP contribution is -2.25. The predicted octanol–water partition coefficient (Wildman–Crippen LogP) is 3.32. The van der Waals surface area contributed by atoms with Crippen LogP contribution in [0.15, 0.2) is 58.1 Å². The van der Waals surface area contributed by atoms with E-state index in [1.165, 1.54) is 5.56 Å². The Hall–Kier alpha value is -2.14. The zero-order valence-corrected chi connectivity index (χ0v) is 13.2. The van der Waals surface area contributed by atoms with Crippen molar-refractivity contribution in [3.63, 3.8) is 0 Å². The van der Waals surface area contributed by atoms with Gasteiger partial charge in [-0.1, -0.05) is 45.8 Å². The van der Waals surface area contributed by atoms with Gasteiger partial charge in [-0.15, -0.1) is 0 Å². The molecule has 2 rings (SSSR count). The number of carbonyl (C=O) groups is 1. The molecule has 2 aromatic rings. The van der Waals surface area contributed by atoms with Gasteiger partial charge in [0.15, 0.2) is 0 Å². The first-order valence-corrected chi connectivity index (χ1v) is 7.31. The molecule has 0 aliphatic heterocycles. The first-order chi connectivity index (χ1) is 10.1. The van der Waals surface area contributed by atoms with Crippen LogP contribution >= 0.6 is 15.9 Å². The average Bonchev–Trinajstić information content (AvgIpc) is 2.49. The number of amides is 1. The Bertz CT molecular complexity index is 621. The predicted molar refractivity (Wildman–Crippen MR) is 89.5 cm³/mol. The SMILES string of the molecule is Cc1ccc(NCC(=O)N/N=C/c2ccc(Br)cc2)cc1. The van der Waals surface area contributed by atoms with Gasteiger partial charge in [-0.25, -0.2) is 5.43 Å². The summed E-state index contributed by atoms with van der Waals surface area (Å²) in [6.07, 6.45) is 1.61. The highest BCUT2D eigenvalue weighted by Gasteiger charge is 1.99. The number of aryl methyl sites for hydroxylation is 1. The molecule has 0 aromatic heterocycles. The fourth-order valence-corrected chi connectivity index (χ4v) is 1.89. The zero-order chi connectivity index (χ0) is 15.1. The number of halogens is 1. The molecule has 0 saturated heterocycles. The van der Waals surface area contributed by atoms with Gasteiger partial charge in [0.05, 0.1) is 12.8 Å². The van der Waals surface area contributed by atoms with Crippen LogP contribution in [0.1, 0.15) is 11.1 Å². The highest BCUT2D eigenvalue weighted by atomic mass is 79.9. The molecule has 2 aromatic carbocycles. The van der Waals surface area contributed by atoms with Crippen LogP contribution in [-0.4, -0.2) is 18.7 Å². The molecule has 108 valence electrons. The van der Waals surface area contributed by atoms with Crippen molar-refractivity contribution in [2.45, 2.75) is 6.92 Å². The summed E-state index contributed by atoms with van der Waals surface area (Å²) in [5.74, 6) is -0.191. The molecule has 0 saturated carbocycles. The fraction of sp³-hybridized carbons (Fsp3) is 0.125. The minimum absolute atomic E-state index is 0.181. The van der Waals surface area contributed by atoms with Gasteiger partial charge < -0.3 is 5.32 Å². The average molecular weight is 346 g/mol. The molecule has 0 unspecified atom stereocenters. The van der Waals surface area contributed by atoms with E-state index in [4.69, 9.17) is 0 Å². The van der Waals surface area contributed by atoms with Crippen LogP contribution in [0.4, 0.5) is 5.69 Å². The van der Waals surface area contributed by atoms with Gasteiger partial charge in [-0.3, -0.25) is 4.79 Å². The number of carbonyl (C=O) groups excluding carboxylic acids is 1. The molecule has 0 spiro atoms. The van der Waals surface area contributed by atoms with E-state index in [0.717, 1.165) is 15.7 Å². The molecule has 0 aliphatic carbocycles. The molecule has 0 radical (unpaired) electrons. The molecular formula is C16H16BrN3O. The normalized spacial score (nSPS) is 10.6. The van der Waals surface area contributed by atoms with Crippen molar-refractivity contribution < 1.29 is 4.79 Å². The van der Waals surface area contributed by atoms with Crippen molar-refractivity contribution in [2.24, 2.45) is 5.10 Å². The molecule has 5 heteroatoms. The van der Waals surface area contributed by atoms with E-state index in [1.54, 1.807) is 6.21 Å². The van der Waals surface area contributed by atoms with Crippen molar-refractivity contribution in [2.75, 3.05) is 11.9 Å². The highest BCUT2D eigenvalue weighted by Crippen LogP contribution is 2.09. The molecule has 0 aliphatic rings. The van der Waals surface area contributed by atoms with Crippen LogP contribution in [0.25, 0.3) is 0 Å². The standard InChI is InChI=1S/C16H16BrN3O/c1-12-2-8-15(9-3-12)18-11-16(21)20-19-10-13-4-6-14(17)7-5-13/h2-10,18H,11H2,1H3,(H,20,21)/b19-10+. The molecule has 0 atom stereocenters. The smallest absolute Gasteiger partial charge is 0.259 e. The third kappa shape index (κ3) is 5.39. The topological polar surface area (TPSA) is 53.5 Å². The summed E-state index contributed by atoms with van der Waals surface area (Å²) in [6, 6.07) is 15.5. The zero-order valence-electron chi connectivity index (χ0n) is 11.6. The first kappa shape index (κ1) is 15.3. The second kappa shape index (κ2) is 7.59. The van der Waals surface area contributed by atoms with Crippen molar-refractivity contribution in [3.05, 3.63) is 64.1 Å². The van der Waals surface area contributed by atoms with Crippen LogP contribution in [-0.2, 0) is 4.79 Å². The van der Waals surface area contributed by atoms with Crippen molar-refractivity contribution >= 4 is 33.7 Å². The Morgan fingerprint density at radius 2 is 1.81 bits per heavy atom. The summed E-state index contributed by atoms with van der Waals surface area (Å²) in [6.45, 7) is 2.20. The second-order valence-corrected chi connectivity index (χ2v) is 5.48. The monoisotopic (exact) mass is 345 g/mol. The highest BCUT2D eigenvalue weighted by molar-refractivity contribution is 9.10. The maximum Gasteiger partial charge on any atom is 0.259 e. The van der Waals surface area contributed by atoms with Gasteiger partial charge in [0.2, 0.25) is 0 Å². The van der Waals surface area contributed by atoms with E-state index in [9.17, 15) is 4.79 Å². The maximum absolute atomic E-state index is 11.6. The summed E-state index contributed by atoms with van der Waals surface area (Å²) >= 11 is 3.36. The van der Waals surface area contributed by atoms with Gasteiger partial charge in [-0.05, 0) is 36.8 Å². The maximum atomic E-state index is 11.6. The minimum atomic E-state index is -0.191. The Kier molecular flexibility index (Phi) is 5.51. The van der Waals surface area contributed by atoms with Crippen LogP contribution in [0, 0.1) is 6.92 Å². The molecule has 4 nitrogen and oxygen atoms in total. The Morgan fingerprint density at radius 1 is 1.14 bits per heavy atom. The summed E-state index contributed by atoms with van der Waals surface area (Å²) in [5, 5.41) is 6.95. The van der Waals surface area contributed by atoms with Crippen LogP contribution in [0.5, 0.6) is 0 Å². The minimum Gasteiger partial charge on any atom is -0.376 e. The van der Waals surface area contributed by atoms with Crippen LogP contribution in [0.2, 0.25) is 0 Å². The number of nitrogens with zero attached hydrogens (tertiary/aromatic N) is 1. The van der Waals surface area contributed by atoms with Gasteiger partial charge >= 0.3 is 0 Å². The largest absolute Gasteiger partial charge is 0.376 e. The molecule has 1 amide bonds. The molecule has 21 heavy (non-hydrogen) atoms. The third-order valence-corrected chi connectivity index (χ3v) is 3.31. The number of hydrazone groups is 1. The van der Waals surface area contributed by atoms with Gasteiger partial charge in [0.1, 0.15) is 0 Å². The first-order valence-electron chi connectivity index (χ1n) is 6.51. The summed E-state index contributed by atoms with van der Waals surface area (Å²) in [7, 11) is 0. The summed E-state index contributed by atoms with van der Waals surface area (Å²) in [4.78, 5) is 11.6. The third-order valence-electron chi connectivity index (χ3n) is 2.78. The van der Waals surface area contributed by atoms with E-state index in [0.29, 0.717) is 0 Å². The number of hydrogen-bond donors (Lipinski definition) is 2. The van der Waals surface area contributed by atoms with E-state index in [1.807, 2.05) is 55.5 Å². The molecular weight excluding hydrogens is 330 g/mol. The summed E-state index contributed by atoms with van der Waals surface area (Å²) < 4.78 is 1.01. The van der Waals surface area contributed by atoms with Crippen molar-refractivity contribution in [1.29, 1.82) is 0 Å². The van der Waals surface area contributed by atoms with E-state index in [-0.39, 0.29) is 12.5 Å². The number of rotatable bonds is 5. The number of nitrogens with one attached hydrogen (secondary N) is 2. The van der Waals surface area contributed by atoms with Crippen LogP contribution < -0.4 is 10.7 Å². The number of hydrogen-bond acceptors (Lipinski definition) is 3. The van der Waals surface area contributed by atoms with Crippen molar-refractivity contribution in [3.8, 4) is 0 Å². The van der Waals surface area contributed by atoms with E-state index >= 15 is 0 Å². The Morgan fingerprint density at radius 3 is 2.48 bits per heavy atom. The second-order valence-electron chi connectivity index (χ2n) is 4.56. The molecule has 2 N–H and O–H groups in total. The van der Waals surface area contributed by atoms with E-state index in [2.05, 4.69) is 31.8 Å². The fourth-order valence-electron chi connectivity index (χ4n) is 1.62. The van der Waals surface area contributed by atoms with Crippen LogP contribution in [0.3, 0.4) is 0 Å². The summed E-state index contributed by atoms with van der Waals surface area (Å²) in [5.41, 5.74) is 5.50. The molecule has 0 fully saturated rings.